The van der Waals surface area contributed by atoms with Crippen molar-refractivity contribution in [1.82, 2.24) is 5.09 Å². The zero-order valence-corrected chi connectivity index (χ0v) is 10.4. The third-order valence-corrected chi connectivity index (χ3v) is 4.39. The van der Waals surface area contributed by atoms with Crippen molar-refractivity contribution in [2.75, 3.05) is 13.2 Å². The summed E-state index contributed by atoms with van der Waals surface area (Å²) in [6, 6.07) is 0.312. The summed E-state index contributed by atoms with van der Waals surface area (Å²) in [5, 5.41) is 3.18. The van der Waals surface area contributed by atoms with Gasteiger partial charge < -0.3 is 9.05 Å². The quantitative estimate of drug-likeness (QED) is 0.727. The molecule has 0 atom stereocenters. The Morgan fingerprint density at radius 2 is 1.77 bits per heavy atom. The lowest BCUT2D eigenvalue weighted by Gasteiger charge is -2.37. The molecule has 0 unspecified atom stereocenters. The summed E-state index contributed by atoms with van der Waals surface area (Å²) in [6.07, 6.45) is 0. The van der Waals surface area contributed by atoms with Gasteiger partial charge >= 0.3 is 0 Å². The first kappa shape index (κ1) is 11.6. The van der Waals surface area contributed by atoms with Gasteiger partial charge in [-0.2, -0.15) is 0 Å². The molecule has 0 saturated carbocycles. The number of nitrogens with one attached hydrogen (secondary N) is 1. The monoisotopic (exact) mass is 223 g/mol. The van der Waals surface area contributed by atoms with Crippen molar-refractivity contribution in [3.8, 4) is 0 Å². The summed E-state index contributed by atoms with van der Waals surface area (Å²) >= 11 is 5.29. The van der Waals surface area contributed by atoms with Gasteiger partial charge in [-0.1, -0.05) is 13.8 Å². The van der Waals surface area contributed by atoms with Crippen LogP contribution >= 0.6 is 6.64 Å². The molecular formula is C8H18NO2PS. The van der Waals surface area contributed by atoms with E-state index in [4.69, 9.17) is 20.9 Å². The lowest BCUT2D eigenvalue weighted by Crippen LogP contribution is -2.34. The molecule has 5 heteroatoms. The second kappa shape index (κ2) is 3.95. The minimum absolute atomic E-state index is 0.0982. The molecule has 0 radical (unpaired) electrons. The van der Waals surface area contributed by atoms with Crippen LogP contribution in [0.5, 0.6) is 0 Å². The van der Waals surface area contributed by atoms with Gasteiger partial charge in [0.2, 0.25) is 0 Å². The molecule has 78 valence electrons. The molecule has 0 aromatic carbocycles. The van der Waals surface area contributed by atoms with Crippen LogP contribution in [0.25, 0.3) is 0 Å². The van der Waals surface area contributed by atoms with Gasteiger partial charge in [-0.15, -0.1) is 0 Å². The average Bonchev–Trinajstić information content (AvgIpc) is 1.95. The van der Waals surface area contributed by atoms with Crippen LogP contribution in [-0.4, -0.2) is 19.3 Å². The minimum Gasteiger partial charge on any atom is -0.317 e. The fraction of sp³-hybridized carbons (Fsp3) is 1.00. The van der Waals surface area contributed by atoms with E-state index in [-0.39, 0.29) is 5.41 Å². The van der Waals surface area contributed by atoms with E-state index in [0.29, 0.717) is 19.3 Å². The van der Waals surface area contributed by atoms with Crippen molar-refractivity contribution in [3.63, 3.8) is 0 Å². The van der Waals surface area contributed by atoms with E-state index in [1.54, 1.807) is 0 Å². The molecule has 1 saturated heterocycles. The topological polar surface area (TPSA) is 30.5 Å². The molecule has 3 nitrogen and oxygen atoms in total. The Morgan fingerprint density at radius 3 is 2.15 bits per heavy atom. The van der Waals surface area contributed by atoms with Crippen LogP contribution in [0.15, 0.2) is 0 Å². The molecule has 0 aliphatic carbocycles. The normalized spacial score (nSPS) is 26.2. The lowest BCUT2D eigenvalue weighted by atomic mass is 9.97. The molecule has 0 aromatic rings. The fourth-order valence-electron chi connectivity index (χ4n) is 0.989. The van der Waals surface area contributed by atoms with Gasteiger partial charge in [0.05, 0.1) is 13.2 Å². The van der Waals surface area contributed by atoms with Gasteiger partial charge in [-0.05, 0) is 25.7 Å². The van der Waals surface area contributed by atoms with E-state index >= 15 is 0 Å². The molecule has 0 bridgehead atoms. The summed E-state index contributed by atoms with van der Waals surface area (Å²) in [7, 11) is 0. The number of rotatable bonds is 2. The molecule has 0 aromatic heterocycles. The average molecular weight is 223 g/mol. The summed E-state index contributed by atoms with van der Waals surface area (Å²) in [5.74, 6) is 0. The maximum absolute atomic E-state index is 5.58. The Morgan fingerprint density at radius 1 is 1.31 bits per heavy atom. The predicted octanol–water partition coefficient (Wildman–Crippen LogP) is 2.28. The second-order valence-corrected chi connectivity index (χ2v) is 7.70. The second-order valence-electron chi connectivity index (χ2n) is 4.49. The highest BCUT2D eigenvalue weighted by Crippen LogP contribution is 2.50. The van der Waals surface area contributed by atoms with Crippen LogP contribution in [0.2, 0.25) is 0 Å². The summed E-state index contributed by atoms with van der Waals surface area (Å²) in [5.41, 5.74) is 0.0982. The Hall–Kier alpha value is 0.530. The molecule has 0 spiro atoms. The Bertz CT molecular complexity index is 216. The predicted molar refractivity (Wildman–Crippen MR) is 58.2 cm³/mol. The van der Waals surface area contributed by atoms with Crippen LogP contribution in [-0.2, 0) is 20.9 Å². The molecule has 0 amide bonds. The van der Waals surface area contributed by atoms with Gasteiger partial charge in [-0.3, -0.25) is 0 Å². The first-order valence-electron chi connectivity index (χ1n) is 4.50. The van der Waals surface area contributed by atoms with Crippen LogP contribution in [0.3, 0.4) is 0 Å². The largest absolute Gasteiger partial charge is 0.317 e. The number of hydrogen-bond acceptors (Lipinski definition) is 3. The van der Waals surface area contributed by atoms with Crippen LogP contribution in [0, 0.1) is 5.41 Å². The van der Waals surface area contributed by atoms with Crippen molar-refractivity contribution in [3.05, 3.63) is 0 Å². The van der Waals surface area contributed by atoms with E-state index in [0.717, 1.165) is 0 Å². The maximum atomic E-state index is 5.58. The highest BCUT2D eigenvalue weighted by molar-refractivity contribution is 8.09. The third kappa shape index (κ3) is 3.64. The highest BCUT2D eigenvalue weighted by atomic mass is 32.5. The highest BCUT2D eigenvalue weighted by Gasteiger charge is 2.33. The zero-order valence-electron chi connectivity index (χ0n) is 8.66. The van der Waals surface area contributed by atoms with Crippen molar-refractivity contribution in [1.29, 1.82) is 0 Å². The van der Waals surface area contributed by atoms with Crippen molar-refractivity contribution in [2.24, 2.45) is 5.41 Å². The molecule has 1 aliphatic rings. The Kier molecular flexibility index (Phi) is 3.53. The van der Waals surface area contributed by atoms with Gasteiger partial charge in [0.25, 0.3) is 6.64 Å². The first-order chi connectivity index (χ1) is 5.83. The SMILES string of the molecule is CC(C)NP1(=S)OCC(C)(C)CO1. The van der Waals surface area contributed by atoms with Crippen LogP contribution < -0.4 is 5.09 Å². The lowest BCUT2D eigenvalue weighted by molar-refractivity contribution is 0.0559. The van der Waals surface area contributed by atoms with Gasteiger partial charge in [0, 0.05) is 11.5 Å². The van der Waals surface area contributed by atoms with E-state index in [1.807, 2.05) is 13.8 Å². The Balaban J connectivity index is 2.52. The third-order valence-electron chi connectivity index (χ3n) is 1.67. The van der Waals surface area contributed by atoms with Gasteiger partial charge in [0.1, 0.15) is 0 Å². The van der Waals surface area contributed by atoms with E-state index in [9.17, 15) is 0 Å². The smallest absolute Gasteiger partial charge is 0.261 e. The van der Waals surface area contributed by atoms with Crippen molar-refractivity contribution < 1.29 is 9.05 Å². The first-order valence-corrected chi connectivity index (χ1v) is 7.14. The van der Waals surface area contributed by atoms with E-state index < -0.39 is 6.64 Å². The molecule has 13 heavy (non-hydrogen) atoms. The molecule has 1 fully saturated rings. The van der Waals surface area contributed by atoms with E-state index in [2.05, 4.69) is 18.9 Å². The molecule has 1 N–H and O–H groups in total. The minimum atomic E-state index is -2.17. The van der Waals surface area contributed by atoms with Gasteiger partial charge in [-0.25, -0.2) is 5.09 Å². The molecule has 1 aliphatic heterocycles. The summed E-state index contributed by atoms with van der Waals surface area (Å²) in [6.45, 7) is 7.51. The summed E-state index contributed by atoms with van der Waals surface area (Å²) < 4.78 is 11.2. The molecule has 1 rings (SSSR count). The maximum Gasteiger partial charge on any atom is 0.261 e. The molecule has 1 heterocycles. The van der Waals surface area contributed by atoms with Crippen LogP contribution in [0.4, 0.5) is 0 Å². The number of hydrogen-bond donors (Lipinski definition) is 1. The Labute approximate surface area is 85.4 Å². The van der Waals surface area contributed by atoms with Crippen LogP contribution in [0.1, 0.15) is 27.7 Å². The van der Waals surface area contributed by atoms with Crippen molar-refractivity contribution in [2.45, 2.75) is 33.7 Å². The van der Waals surface area contributed by atoms with E-state index in [1.165, 1.54) is 0 Å². The van der Waals surface area contributed by atoms with Crippen molar-refractivity contribution >= 4 is 18.4 Å². The molecular weight excluding hydrogens is 205 g/mol. The zero-order chi connectivity index (χ0) is 10.1. The summed E-state index contributed by atoms with van der Waals surface area (Å²) in [4.78, 5) is 0. The standard InChI is InChI=1S/C8H18NO2PS/c1-7(2)9-12(13)10-5-8(3,4)6-11-12/h7H,5-6H2,1-4H3,(H,9,13). The fourth-order valence-corrected chi connectivity index (χ4v) is 3.83. The van der Waals surface area contributed by atoms with Gasteiger partial charge in [0.15, 0.2) is 0 Å².